The van der Waals surface area contributed by atoms with Crippen molar-refractivity contribution in [3.63, 3.8) is 0 Å². The smallest absolute Gasteiger partial charge is 0.338 e. The maximum Gasteiger partial charge on any atom is 0.338 e. The third kappa shape index (κ3) is 6.79. The molecule has 3 aromatic rings. The summed E-state index contributed by atoms with van der Waals surface area (Å²) in [5.41, 5.74) is 2.03. The molecule has 0 aliphatic carbocycles. The number of carbonyl (C=O) groups is 2. The van der Waals surface area contributed by atoms with E-state index in [4.69, 9.17) is 25.8 Å². The van der Waals surface area contributed by atoms with Gasteiger partial charge < -0.3 is 14.2 Å². The van der Waals surface area contributed by atoms with Gasteiger partial charge in [0.15, 0.2) is 16.7 Å². The second kappa shape index (κ2) is 12.8. The van der Waals surface area contributed by atoms with E-state index in [1.807, 2.05) is 6.92 Å². The molecule has 10 heteroatoms. The number of ether oxygens (including phenoxy) is 3. The van der Waals surface area contributed by atoms with Crippen LogP contribution in [0.5, 0.6) is 11.5 Å². The van der Waals surface area contributed by atoms with Crippen molar-refractivity contribution in [1.29, 1.82) is 0 Å². The maximum atomic E-state index is 14.0. The minimum absolute atomic E-state index is 0.0212. The Balaban J connectivity index is 1.55. The molecule has 1 aliphatic heterocycles. The van der Waals surface area contributed by atoms with E-state index < -0.39 is 5.97 Å². The van der Waals surface area contributed by atoms with Gasteiger partial charge in [0.1, 0.15) is 12.4 Å². The minimum atomic E-state index is -0.404. The van der Waals surface area contributed by atoms with Crippen LogP contribution >= 0.6 is 23.4 Å². The standard InChI is InChI=1S/C29H26ClFN2O5S/c1-4-36-24-15-18(14-22(30)26(24)38-17-20-8-6-7-9-23(20)31)16-25-27(34)33(3)29(39-25)32-21-12-10-19(11-13-21)28(35)37-5-2/h6-16H,4-5,17H2,1-3H3. The first-order valence-electron chi connectivity index (χ1n) is 12.2. The number of likely N-dealkylation sites (N-methyl/N-ethyl adjacent to an activating group) is 1. The van der Waals surface area contributed by atoms with E-state index in [2.05, 4.69) is 4.99 Å². The largest absolute Gasteiger partial charge is 0.490 e. The number of hydrogen-bond acceptors (Lipinski definition) is 7. The van der Waals surface area contributed by atoms with E-state index in [1.165, 1.54) is 22.7 Å². The highest BCUT2D eigenvalue weighted by Crippen LogP contribution is 2.40. The first kappa shape index (κ1) is 28.2. The average molecular weight is 569 g/mol. The van der Waals surface area contributed by atoms with Gasteiger partial charge in [0.25, 0.3) is 5.91 Å². The summed E-state index contributed by atoms with van der Waals surface area (Å²) in [5.74, 6) is -0.331. The number of hydrogen-bond donors (Lipinski definition) is 0. The second-order valence-corrected chi connectivity index (χ2v) is 9.70. The zero-order valence-electron chi connectivity index (χ0n) is 21.6. The predicted octanol–water partition coefficient (Wildman–Crippen LogP) is 6.87. The van der Waals surface area contributed by atoms with Gasteiger partial charge in [-0.3, -0.25) is 9.69 Å². The van der Waals surface area contributed by atoms with Crippen molar-refractivity contribution in [2.45, 2.75) is 20.5 Å². The first-order chi connectivity index (χ1) is 18.8. The van der Waals surface area contributed by atoms with Crippen LogP contribution in [-0.4, -0.2) is 42.2 Å². The summed E-state index contributed by atoms with van der Waals surface area (Å²) in [6.07, 6.45) is 1.70. The molecule has 0 radical (unpaired) electrons. The van der Waals surface area contributed by atoms with Gasteiger partial charge in [-0.1, -0.05) is 29.8 Å². The Morgan fingerprint density at radius 2 is 1.82 bits per heavy atom. The zero-order valence-corrected chi connectivity index (χ0v) is 23.1. The molecule has 202 valence electrons. The maximum absolute atomic E-state index is 14.0. The molecule has 1 aliphatic rings. The predicted molar refractivity (Wildman–Crippen MR) is 151 cm³/mol. The molecule has 1 amide bonds. The van der Waals surface area contributed by atoms with Crippen molar-refractivity contribution in [1.82, 2.24) is 4.90 Å². The fraction of sp³-hybridized carbons (Fsp3) is 0.207. The van der Waals surface area contributed by atoms with Crippen molar-refractivity contribution < 1.29 is 28.2 Å². The van der Waals surface area contributed by atoms with E-state index >= 15 is 0 Å². The number of amidine groups is 1. The van der Waals surface area contributed by atoms with E-state index in [0.29, 0.717) is 57.2 Å². The molecule has 0 saturated carbocycles. The topological polar surface area (TPSA) is 77.4 Å². The highest BCUT2D eigenvalue weighted by atomic mass is 35.5. The molecule has 7 nitrogen and oxygen atoms in total. The Hall–Kier alpha value is -3.82. The summed E-state index contributed by atoms with van der Waals surface area (Å²) < 4.78 is 30.6. The molecular weight excluding hydrogens is 543 g/mol. The molecule has 1 saturated heterocycles. The summed E-state index contributed by atoms with van der Waals surface area (Å²) in [4.78, 5) is 31.3. The van der Waals surface area contributed by atoms with Crippen molar-refractivity contribution in [2.24, 2.45) is 4.99 Å². The number of nitrogens with zero attached hydrogens (tertiary/aromatic N) is 2. The Labute approximate surface area is 235 Å². The number of aliphatic imine (C=N–C) groups is 1. The highest BCUT2D eigenvalue weighted by molar-refractivity contribution is 8.18. The van der Waals surface area contributed by atoms with Gasteiger partial charge >= 0.3 is 5.97 Å². The van der Waals surface area contributed by atoms with Gasteiger partial charge in [0.2, 0.25) is 0 Å². The van der Waals surface area contributed by atoms with Crippen LogP contribution < -0.4 is 9.47 Å². The van der Waals surface area contributed by atoms with E-state index in [0.717, 1.165) is 0 Å². The van der Waals surface area contributed by atoms with Crippen molar-refractivity contribution >= 4 is 52.2 Å². The third-order valence-electron chi connectivity index (χ3n) is 5.57. The van der Waals surface area contributed by atoms with Crippen LogP contribution in [0.4, 0.5) is 10.1 Å². The van der Waals surface area contributed by atoms with Crippen LogP contribution in [-0.2, 0) is 16.1 Å². The van der Waals surface area contributed by atoms with Gasteiger partial charge in [-0.15, -0.1) is 0 Å². The summed E-state index contributed by atoms with van der Waals surface area (Å²) in [5, 5.41) is 0.750. The number of benzene rings is 3. The molecule has 0 spiro atoms. The molecule has 3 aromatic carbocycles. The van der Waals surface area contributed by atoms with E-state index in [1.54, 1.807) is 74.6 Å². The molecular formula is C29H26ClFN2O5S. The van der Waals surface area contributed by atoms with Gasteiger partial charge in [-0.2, -0.15) is 0 Å². The highest BCUT2D eigenvalue weighted by Gasteiger charge is 2.30. The molecule has 0 aromatic heterocycles. The number of rotatable bonds is 9. The average Bonchev–Trinajstić information content (AvgIpc) is 3.17. The lowest BCUT2D eigenvalue weighted by molar-refractivity contribution is -0.121. The number of carbonyl (C=O) groups excluding carboxylic acids is 2. The zero-order chi connectivity index (χ0) is 27.9. The van der Waals surface area contributed by atoms with Crippen LogP contribution in [0.3, 0.4) is 0 Å². The summed E-state index contributed by atoms with van der Waals surface area (Å²) in [6, 6.07) is 16.3. The summed E-state index contributed by atoms with van der Waals surface area (Å²) in [6.45, 7) is 4.20. The van der Waals surface area contributed by atoms with Crippen molar-refractivity contribution in [3.8, 4) is 11.5 Å². The summed E-state index contributed by atoms with van der Waals surface area (Å²) in [7, 11) is 1.64. The Kier molecular flexibility index (Phi) is 9.27. The van der Waals surface area contributed by atoms with Crippen LogP contribution in [0, 0.1) is 5.82 Å². The molecule has 0 N–H and O–H groups in total. The van der Waals surface area contributed by atoms with Gasteiger partial charge in [-0.25, -0.2) is 14.2 Å². The quantitative estimate of drug-likeness (QED) is 0.207. The first-order valence-corrected chi connectivity index (χ1v) is 13.4. The summed E-state index contributed by atoms with van der Waals surface area (Å²) >= 11 is 7.74. The molecule has 4 rings (SSSR count). The lowest BCUT2D eigenvalue weighted by Gasteiger charge is -2.15. The number of esters is 1. The molecule has 1 heterocycles. The Morgan fingerprint density at radius 1 is 1.08 bits per heavy atom. The fourth-order valence-electron chi connectivity index (χ4n) is 3.64. The van der Waals surface area contributed by atoms with E-state index in [9.17, 15) is 14.0 Å². The molecule has 0 atom stereocenters. The van der Waals surface area contributed by atoms with Crippen LogP contribution in [0.25, 0.3) is 6.08 Å². The molecule has 39 heavy (non-hydrogen) atoms. The van der Waals surface area contributed by atoms with Gasteiger partial charge in [0.05, 0.1) is 34.4 Å². The normalized spacial score (nSPS) is 15.2. The molecule has 1 fully saturated rings. The molecule has 0 unspecified atom stereocenters. The van der Waals surface area contributed by atoms with Crippen LogP contribution in [0.2, 0.25) is 5.02 Å². The number of halogens is 2. The van der Waals surface area contributed by atoms with Crippen molar-refractivity contribution in [3.05, 3.63) is 93.1 Å². The number of thioether (sulfide) groups is 1. The van der Waals surface area contributed by atoms with Gasteiger partial charge in [-0.05, 0) is 79.7 Å². The Bertz CT molecular complexity index is 1440. The number of amides is 1. The molecule has 0 bridgehead atoms. The van der Waals surface area contributed by atoms with Crippen molar-refractivity contribution in [2.75, 3.05) is 20.3 Å². The minimum Gasteiger partial charge on any atom is -0.490 e. The third-order valence-corrected chi connectivity index (χ3v) is 6.91. The van der Waals surface area contributed by atoms with Crippen LogP contribution in [0.1, 0.15) is 35.3 Å². The lowest BCUT2D eigenvalue weighted by atomic mass is 10.1. The van der Waals surface area contributed by atoms with E-state index in [-0.39, 0.29) is 23.4 Å². The second-order valence-electron chi connectivity index (χ2n) is 8.28. The lowest BCUT2D eigenvalue weighted by Crippen LogP contribution is -2.23. The fourth-order valence-corrected chi connectivity index (χ4v) is 4.90. The van der Waals surface area contributed by atoms with Crippen LogP contribution in [0.15, 0.2) is 70.6 Å². The SMILES string of the molecule is CCOC(=O)c1ccc(N=C2SC(=Cc3cc(Cl)c(OCc4ccccc4F)c(OCC)c3)C(=O)N2C)cc1. The Morgan fingerprint density at radius 3 is 2.51 bits per heavy atom. The van der Waals surface area contributed by atoms with Gasteiger partial charge in [0, 0.05) is 12.6 Å². The monoisotopic (exact) mass is 568 g/mol.